The summed E-state index contributed by atoms with van der Waals surface area (Å²) in [5.41, 5.74) is 2.21. The van der Waals surface area contributed by atoms with Gasteiger partial charge >= 0.3 is 12.6 Å². The highest BCUT2D eigenvalue weighted by Gasteiger charge is 2.33. The number of pyridine rings is 1. The van der Waals surface area contributed by atoms with Crippen LogP contribution < -0.4 is 15.0 Å². The molecule has 9 heteroatoms. The van der Waals surface area contributed by atoms with E-state index in [1.54, 1.807) is 22.8 Å². The second kappa shape index (κ2) is 9.72. The van der Waals surface area contributed by atoms with E-state index in [4.69, 9.17) is 0 Å². The first-order valence-electron chi connectivity index (χ1n) is 10.1. The smallest absolute Gasteiger partial charge is 0.388 e. The molecule has 166 valence electrons. The number of halogens is 2. The molecule has 0 saturated carbocycles. The number of aryl methyl sites for hydroxylation is 1. The molecule has 1 fully saturated rings. The lowest BCUT2D eigenvalue weighted by Gasteiger charge is -2.31. The first-order chi connectivity index (χ1) is 14.8. The number of hydrogen-bond acceptors (Lipinski definition) is 4. The first-order valence-corrected chi connectivity index (χ1v) is 10.1. The van der Waals surface area contributed by atoms with Crippen LogP contribution >= 0.6 is 0 Å². The predicted octanol–water partition coefficient (Wildman–Crippen LogP) is 4.38. The summed E-state index contributed by atoms with van der Waals surface area (Å²) in [7, 11) is 0. The summed E-state index contributed by atoms with van der Waals surface area (Å²) in [6.07, 6.45) is 1.37. The van der Waals surface area contributed by atoms with Gasteiger partial charge in [0.2, 0.25) is 12.3 Å². The zero-order valence-corrected chi connectivity index (χ0v) is 17.7. The number of aromatic nitrogens is 1. The lowest BCUT2D eigenvalue weighted by molar-refractivity contribution is -0.117. The van der Waals surface area contributed by atoms with Crippen LogP contribution in [0.1, 0.15) is 37.4 Å². The number of nitrogens with one attached hydrogen (secondary N) is 1. The molecule has 1 saturated heterocycles. The molecule has 1 aliphatic rings. The third-order valence-corrected chi connectivity index (χ3v) is 5.19. The van der Waals surface area contributed by atoms with Gasteiger partial charge in [-0.2, -0.15) is 8.78 Å². The molecule has 0 spiro atoms. The summed E-state index contributed by atoms with van der Waals surface area (Å²) >= 11 is 0. The predicted molar refractivity (Wildman–Crippen MR) is 114 cm³/mol. The number of nitrogens with zero attached hydrogens (tertiary/aromatic N) is 3. The molecular weight excluding hydrogens is 406 g/mol. The van der Waals surface area contributed by atoms with Crippen molar-refractivity contribution >= 4 is 23.8 Å². The first kappa shape index (κ1) is 22.5. The van der Waals surface area contributed by atoms with Crippen LogP contribution in [0.4, 0.5) is 25.0 Å². The molecule has 1 aromatic carbocycles. The fraction of sp³-hybridized carbons (Fsp3) is 0.409. The van der Waals surface area contributed by atoms with Gasteiger partial charge in [0.25, 0.3) is 0 Å². The number of ether oxygens (including phenoxy) is 1. The van der Waals surface area contributed by atoms with Gasteiger partial charge in [0.05, 0.1) is 6.04 Å². The summed E-state index contributed by atoms with van der Waals surface area (Å²) in [5, 5.41) is 2.68. The van der Waals surface area contributed by atoms with Crippen molar-refractivity contribution in [1.82, 2.24) is 9.88 Å². The molecule has 3 rings (SSSR count). The van der Waals surface area contributed by atoms with E-state index < -0.39 is 12.6 Å². The van der Waals surface area contributed by atoms with E-state index in [0.717, 1.165) is 12.0 Å². The Kier molecular flexibility index (Phi) is 7.04. The second-order valence-corrected chi connectivity index (χ2v) is 7.74. The Morgan fingerprint density at radius 3 is 2.68 bits per heavy atom. The maximum atomic E-state index is 13.4. The Morgan fingerprint density at radius 2 is 2.03 bits per heavy atom. The number of hydrogen-bond donors (Lipinski definition) is 1. The van der Waals surface area contributed by atoms with Crippen molar-refractivity contribution in [1.29, 1.82) is 0 Å². The minimum absolute atomic E-state index is 0.0492. The second-order valence-electron chi connectivity index (χ2n) is 7.74. The van der Waals surface area contributed by atoms with Gasteiger partial charge in [-0.1, -0.05) is 32.0 Å². The van der Waals surface area contributed by atoms with Crippen LogP contribution in [0.25, 0.3) is 0 Å². The molecule has 1 aromatic heterocycles. The Balaban J connectivity index is 1.97. The zero-order valence-electron chi connectivity index (χ0n) is 17.7. The van der Waals surface area contributed by atoms with Gasteiger partial charge in [0, 0.05) is 24.5 Å². The maximum absolute atomic E-state index is 13.4. The van der Waals surface area contributed by atoms with Crippen molar-refractivity contribution in [2.75, 3.05) is 23.3 Å². The zero-order chi connectivity index (χ0) is 22.5. The fourth-order valence-corrected chi connectivity index (χ4v) is 3.72. The average molecular weight is 432 g/mol. The molecule has 1 aliphatic heterocycles. The molecule has 3 amide bonds. The number of urea groups is 1. The molecule has 1 N–H and O–H groups in total. The minimum atomic E-state index is -3.07. The van der Waals surface area contributed by atoms with Crippen LogP contribution in [-0.2, 0) is 4.79 Å². The highest BCUT2D eigenvalue weighted by molar-refractivity contribution is 6.03. The molecule has 0 radical (unpaired) electrons. The van der Waals surface area contributed by atoms with Gasteiger partial charge in [0.15, 0.2) is 0 Å². The molecule has 2 heterocycles. The Bertz CT molecular complexity index is 939. The normalized spacial score (nSPS) is 16.0. The van der Waals surface area contributed by atoms with Crippen molar-refractivity contribution < 1.29 is 23.1 Å². The number of carbonyl (C=O) groups excluding carboxylic acids is 2. The molecule has 31 heavy (non-hydrogen) atoms. The highest BCUT2D eigenvalue weighted by Crippen LogP contribution is 2.32. The van der Waals surface area contributed by atoms with E-state index in [1.807, 2.05) is 38.1 Å². The summed E-state index contributed by atoms with van der Waals surface area (Å²) in [4.78, 5) is 31.9. The monoisotopic (exact) mass is 432 g/mol. The van der Waals surface area contributed by atoms with E-state index in [9.17, 15) is 18.4 Å². The number of rotatable bonds is 7. The largest absolute Gasteiger partial charge is 0.415 e. The topological polar surface area (TPSA) is 74.8 Å². The number of anilines is 2. The lowest BCUT2D eigenvalue weighted by atomic mass is 9.99. The molecule has 1 atom stereocenters. The van der Waals surface area contributed by atoms with Crippen LogP contribution in [-0.4, -0.2) is 48.1 Å². The Labute approximate surface area is 180 Å². The van der Waals surface area contributed by atoms with E-state index in [0.29, 0.717) is 30.9 Å². The lowest BCUT2D eigenvalue weighted by Crippen LogP contribution is -2.45. The van der Waals surface area contributed by atoms with Gasteiger partial charge in [-0.25, -0.2) is 9.78 Å². The summed E-state index contributed by atoms with van der Waals surface area (Å²) in [6, 6.07) is 9.86. The fourth-order valence-electron chi connectivity index (χ4n) is 3.72. The number of alkyl halides is 2. The van der Waals surface area contributed by atoms with E-state index >= 15 is 0 Å². The number of likely N-dealkylation sites (tertiary alicyclic amines) is 1. The van der Waals surface area contributed by atoms with Crippen LogP contribution in [0.2, 0.25) is 0 Å². The van der Waals surface area contributed by atoms with Crippen LogP contribution in [0.5, 0.6) is 5.88 Å². The third-order valence-electron chi connectivity index (χ3n) is 5.19. The van der Waals surface area contributed by atoms with E-state index in [2.05, 4.69) is 15.0 Å². The van der Waals surface area contributed by atoms with Gasteiger partial charge in [-0.15, -0.1) is 0 Å². The number of amides is 3. The number of para-hydroxylation sites is 1. The summed E-state index contributed by atoms with van der Waals surface area (Å²) in [5.74, 6) is -0.199. The van der Waals surface area contributed by atoms with Crippen LogP contribution in [0.15, 0.2) is 36.4 Å². The Morgan fingerprint density at radius 1 is 1.29 bits per heavy atom. The van der Waals surface area contributed by atoms with Gasteiger partial charge in [0.1, 0.15) is 5.69 Å². The standard InChI is InChI=1S/C22H26F2N4O3/c1-14(2)17-6-4-5-7-19(17)28(16-10-11-27(12-16)13-29)22(30)26-18-9-8-15(3)25-20(18)31-21(23)24/h4-9,13-14,16,21H,10-12H2,1-3H3,(H,26,30). The van der Waals surface area contributed by atoms with Crippen molar-refractivity contribution in [2.45, 2.75) is 45.8 Å². The summed E-state index contributed by atoms with van der Waals surface area (Å²) in [6.45, 7) is 3.55. The summed E-state index contributed by atoms with van der Waals surface area (Å²) < 4.78 is 30.2. The van der Waals surface area contributed by atoms with Gasteiger partial charge < -0.3 is 15.0 Å². The van der Waals surface area contributed by atoms with Crippen LogP contribution in [0.3, 0.4) is 0 Å². The van der Waals surface area contributed by atoms with Gasteiger partial charge in [-0.3, -0.25) is 9.69 Å². The highest BCUT2D eigenvalue weighted by atomic mass is 19.3. The van der Waals surface area contributed by atoms with Crippen LogP contribution in [0, 0.1) is 6.92 Å². The van der Waals surface area contributed by atoms with Crippen molar-refractivity contribution in [3.63, 3.8) is 0 Å². The van der Waals surface area contributed by atoms with E-state index in [1.165, 1.54) is 6.07 Å². The van der Waals surface area contributed by atoms with Crippen molar-refractivity contribution in [3.8, 4) is 5.88 Å². The molecule has 0 bridgehead atoms. The Hall–Kier alpha value is -3.23. The number of carbonyl (C=O) groups is 2. The van der Waals surface area contributed by atoms with Crippen molar-refractivity contribution in [3.05, 3.63) is 47.7 Å². The molecule has 0 aliphatic carbocycles. The SMILES string of the molecule is Cc1ccc(NC(=O)N(c2ccccc2C(C)C)C2CCN(C=O)C2)c(OC(F)F)n1. The van der Waals surface area contributed by atoms with Gasteiger partial charge in [-0.05, 0) is 43.0 Å². The van der Waals surface area contributed by atoms with Crippen molar-refractivity contribution in [2.24, 2.45) is 0 Å². The quantitative estimate of drug-likeness (QED) is 0.659. The molecule has 2 aromatic rings. The minimum Gasteiger partial charge on any atom is -0.415 e. The average Bonchev–Trinajstić information content (AvgIpc) is 3.19. The molecular formula is C22H26F2N4O3. The molecule has 1 unspecified atom stereocenters. The maximum Gasteiger partial charge on any atom is 0.388 e. The molecule has 7 nitrogen and oxygen atoms in total. The number of benzene rings is 1. The third kappa shape index (κ3) is 5.28. The van der Waals surface area contributed by atoms with E-state index in [-0.39, 0.29) is 23.5 Å².